The molecular weight excluding hydrogens is 192 g/mol. The summed E-state index contributed by atoms with van der Waals surface area (Å²) in [5.41, 5.74) is 0.469. The van der Waals surface area contributed by atoms with Gasteiger partial charge in [0.15, 0.2) is 6.10 Å². The highest BCUT2D eigenvalue weighted by atomic mass is 35.5. The van der Waals surface area contributed by atoms with Crippen LogP contribution in [0, 0.1) is 0 Å². The standard InChI is InChI=1S/C9H9ClO3/c1-13-9(12)8(11)6-2-4-7(10)5-3-6/h2-5,8,11H,1H3/t8-/m0/s1. The molecule has 1 rings (SSSR count). The van der Waals surface area contributed by atoms with Gasteiger partial charge in [0.25, 0.3) is 0 Å². The molecule has 0 aromatic heterocycles. The number of hydrogen-bond acceptors (Lipinski definition) is 3. The van der Waals surface area contributed by atoms with Crippen LogP contribution in [0.3, 0.4) is 0 Å². The van der Waals surface area contributed by atoms with E-state index in [2.05, 4.69) is 4.74 Å². The van der Waals surface area contributed by atoms with Gasteiger partial charge in [-0.1, -0.05) is 23.7 Å². The van der Waals surface area contributed by atoms with Crippen molar-refractivity contribution < 1.29 is 14.6 Å². The zero-order chi connectivity index (χ0) is 9.84. The Kier molecular flexibility index (Phi) is 3.28. The van der Waals surface area contributed by atoms with E-state index in [0.717, 1.165) is 0 Å². The van der Waals surface area contributed by atoms with Crippen molar-refractivity contribution in [2.45, 2.75) is 6.10 Å². The first-order valence-electron chi connectivity index (χ1n) is 3.66. The van der Waals surface area contributed by atoms with E-state index < -0.39 is 12.1 Å². The molecule has 1 aromatic rings. The van der Waals surface area contributed by atoms with Crippen LogP contribution in [-0.2, 0) is 9.53 Å². The lowest BCUT2D eigenvalue weighted by molar-refractivity contribution is -0.150. The summed E-state index contributed by atoms with van der Waals surface area (Å²) < 4.78 is 4.37. The first-order chi connectivity index (χ1) is 6.15. The normalized spacial score (nSPS) is 12.2. The Morgan fingerprint density at radius 2 is 2.00 bits per heavy atom. The van der Waals surface area contributed by atoms with Gasteiger partial charge in [0.1, 0.15) is 0 Å². The lowest BCUT2D eigenvalue weighted by Crippen LogP contribution is -2.13. The van der Waals surface area contributed by atoms with Crippen molar-refractivity contribution in [3.05, 3.63) is 34.9 Å². The molecule has 1 atom stereocenters. The summed E-state index contributed by atoms with van der Waals surface area (Å²) in [6, 6.07) is 6.35. The maximum Gasteiger partial charge on any atom is 0.339 e. The van der Waals surface area contributed by atoms with E-state index >= 15 is 0 Å². The molecular formula is C9H9ClO3. The highest BCUT2D eigenvalue weighted by Gasteiger charge is 2.16. The molecule has 0 aliphatic carbocycles. The Bertz CT molecular complexity index is 294. The van der Waals surface area contributed by atoms with Crippen LogP contribution < -0.4 is 0 Å². The summed E-state index contributed by atoms with van der Waals surface area (Å²) in [6.45, 7) is 0. The number of methoxy groups -OCH3 is 1. The number of aliphatic hydroxyl groups is 1. The summed E-state index contributed by atoms with van der Waals surface area (Å²) >= 11 is 5.63. The van der Waals surface area contributed by atoms with Crippen molar-refractivity contribution in [3.63, 3.8) is 0 Å². The van der Waals surface area contributed by atoms with Gasteiger partial charge in [-0.3, -0.25) is 0 Å². The molecule has 4 heteroatoms. The Morgan fingerprint density at radius 1 is 1.46 bits per heavy atom. The van der Waals surface area contributed by atoms with E-state index in [4.69, 9.17) is 11.6 Å². The predicted octanol–water partition coefficient (Wildman–Crippen LogP) is 1.55. The molecule has 1 aromatic carbocycles. The number of carbonyl (C=O) groups excluding carboxylic acids is 1. The smallest absolute Gasteiger partial charge is 0.339 e. The zero-order valence-corrected chi connectivity index (χ0v) is 7.78. The van der Waals surface area contributed by atoms with Gasteiger partial charge in [0.05, 0.1) is 7.11 Å². The summed E-state index contributed by atoms with van der Waals surface area (Å²) in [4.78, 5) is 10.9. The van der Waals surface area contributed by atoms with E-state index in [1.807, 2.05) is 0 Å². The van der Waals surface area contributed by atoms with Gasteiger partial charge in [-0.2, -0.15) is 0 Å². The minimum Gasteiger partial charge on any atom is -0.467 e. The number of carbonyl (C=O) groups is 1. The molecule has 0 aliphatic heterocycles. The highest BCUT2D eigenvalue weighted by Crippen LogP contribution is 2.16. The third kappa shape index (κ3) is 2.44. The molecule has 13 heavy (non-hydrogen) atoms. The lowest BCUT2D eigenvalue weighted by atomic mass is 10.1. The molecule has 0 radical (unpaired) electrons. The number of aliphatic hydroxyl groups excluding tert-OH is 1. The average Bonchev–Trinajstić information content (AvgIpc) is 2.17. The van der Waals surface area contributed by atoms with E-state index in [-0.39, 0.29) is 0 Å². The van der Waals surface area contributed by atoms with Crippen LogP contribution >= 0.6 is 11.6 Å². The molecule has 70 valence electrons. The first-order valence-corrected chi connectivity index (χ1v) is 4.04. The molecule has 0 spiro atoms. The van der Waals surface area contributed by atoms with Gasteiger partial charge in [-0.05, 0) is 17.7 Å². The topological polar surface area (TPSA) is 46.5 Å². The van der Waals surface area contributed by atoms with Crippen LogP contribution in [0.2, 0.25) is 5.02 Å². The molecule has 0 fully saturated rings. The van der Waals surface area contributed by atoms with Gasteiger partial charge in [0.2, 0.25) is 0 Å². The maximum atomic E-state index is 10.9. The van der Waals surface area contributed by atoms with Crippen LogP contribution in [0.5, 0.6) is 0 Å². The Balaban J connectivity index is 2.83. The maximum absolute atomic E-state index is 10.9. The van der Waals surface area contributed by atoms with Gasteiger partial charge in [0, 0.05) is 5.02 Å². The van der Waals surface area contributed by atoms with Crippen LogP contribution in [0.25, 0.3) is 0 Å². The number of benzene rings is 1. The lowest BCUT2D eigenvalue weighted by Gasteiger charge is -2.07. The van der Waals surface area contributed by atoms with Crippen molar-refractivity contribution in [2.24, 2.45) is 0 Å². The summed E-state index contributed by atoms with van der Waals surface area (Å²) in [7, 11) is 1.22. The minimum atomic E-state index is -1.23. The van der Waals surface area contributed by atoms with E-state index in [1.165, 1.54) is 7.11 Å². The van der Waals surface area contributed by atoms with Crippen molar-refractivity contribution >= 4 is 17.6 Å². The zero-order valence-electron chi connectivity index (χ0n) is 7.03. The van der Waals surface area contributed by atoms with Crippen LogP contribution in [-0.4, -0.2) is 18.2 Å². The third-order valence-corrected chi connectivity index (χ3v) is 1.86. The Labute approximate surface area is 80.9 Å². The van der Waals surface area contributed by atoms with Crippen LogP contribution in [0.15, 0.2) is 24.3 Å². The predicted molar refractivity (Wildman–Crippen MR) is 48.4 cm³/mol. The molecule has 0 heterocycles. The van der Waals surface area contributed by atoms with E-state index in [0.29, 0.717) is 10.6 Å². The first kappa shape index (κ1) is 10.0. The summed E-state index contributed by atoms with van der Waals surface area (Å²) in [6.07, 6.45) is -1.23. The SMILES string of the molecule is COC(=O)[C@@H](O)c1ccc(Cl)cc1. The van der Waals surface area contributed by atoms with Gasteiger partial charge < -0.3 is 9.84 Å². The Hall–Kier alpha value is -1.06. The van der Waals surface area contributed by atoms with E-state index in [1.54, 1.807) is 24.3 Å². The highest BCUT2D eigenvalue weighted by molar-refractivity contribution is 6.30. The second kappa shape index (κ2) is 4.25. The van der Waals surface area contributed by atoms with Crippen LogP contribution in [0.4, 0.5) is 0 Å². The number of rotatable bonds is 2. The molecule has 0 aliphatic rings. The fourth-order valence-electron chi connectivity index (χ4n) is 0.893. The molecule has 0 saturated carbocycles. The van der Waals surface area contributed by atoms with Crippen molar-refractivity contribution in [1.29, 1.82) is 0 Å². The quantitative estimate of drug-likeness (QED) is 0.737. The second-order valence-electron chi connectivity index (χ2n) is 2.48. The number of esters is 1. The van der Waals surface area contributed by atoms with Gasteiger partial charge >= 0.3 is 5.97 Å². The molecule has 0 bridgehead atoms. The van der Waals surface area contributed by atoms with Gasteiger partial charge in [-0.25, -0.2) is 4.79 Å². The fraction of sp³-hybridized carbons (Fsp3) is 0.222. The van der Waals surface area contributed by atoms with Crippen molar-refractivity contribution in [3.8, 4) is 0 Å². The van der Waals surface area contributed by atoms with Crippen molar-refractivity contribution in [2.75, 3.05) is 7.11 Å². The molecule has 0 amide bonds. The van der Waals surface area contributed by atoms with Gasteiger partial charge in [-0.15, -0.1) is 0 Å². The molecule has 1 N–H and O–H groups in total. The monoisotopic (exact) mass is 200 g/mol. The van der Waals surface area contributed by atoms with Crippen molar-refractivity contribution in [1.82, 2.24) is 0 Å². The van der Waals surface area contributed by atoms with Crippen LogP contribution in [0.1, 0.15) is 11.7 Å². The number of ether oxygens (including phenoxy) is 1. The largest absolute Gasteiger partial charge is 0.467 e. The average molecular weight is 201 g/mol. The molecule has 0 unspecified atom stereocenters. The van der Waals surface area contributed by atoms with E-state index in [9.17, 15) is 9.90 Å². The fourth-order valence-corrected chi connectivity index (χ4v) is 1.02. The number of hydrogen-bond donors (Lipinski definition) is 1. The Morgan fingerprint density at radius 3 is 2.46 bits per heavy atom. The molecule has 0 saturated heterocycles. The summed E-state index contributed by atoms with van der Waals surface area (Å²) in [5.74, 6) is -0.678. The third-order valence-electron chi connectivity index (χ3n) is 1.61. The molecule has 3 nitrogen and oxygen atoms in total. The minimum absolute atomic E-state index is 0.469. The number of halogens is 1. The summed E-state index contributed by atoms with van der Waals surface area (Å²) in [5, 5.41) is 9.92. The second-order valence-corrected chi connectivity index (χ2v) is 2.91.